The summed E-state index contributed by atoms with van der Waals surface area (Å²) in [5.41, 5.74) is -0.310. The zero-order chi connectivity index (χ0) is 17.2. The summed E-state index contributed by atoms with van der Waals surface area (Å²) in [7, 11) is 0. The normalized spacial score (nSPS) is 18.0. The Balaban J connectivity index is 2.07. The van der Waals surface area contributed by atoms with Crippen molar-refractivity contribution in [3.05, 3.63) is 29.0 Å². The van der Waals surface area contributed by atoms with Crippen molar-refractivity contribution in [2.45, 2.75) is 45.3 Å². The Hall–Kier alpha value is -1.82. The van der Waals surface area contributed by atoms with Gasteiger partial charge in [-0.2, -0.15) is 0 Å². The molecule has 7 heteroatoms. The molecule has 126 valence electrons. The number of rotatable bonds is 2. The smallest absolute Gasteiger partial charge is 0.410 e. The molecule has 1 saturated heterocycles. The number of nitrogens with one attached hydrogen (secondary N) is 1. The largest absolute Gasteiger partial charge is 0.444 e. The molecule has 1 aromatic rings. The van der Waals surface area contributed by atoms with E-state index < -0.39 is 23.6 Å². The van der Waals surface area contributed by atoms with E-state index in [4.69, 9.17) is 16.3 Å². The van der Waals surface area contributed by atoms with Gasteiger partial charge in [-0.25, -0.2) is 9.18 Å². The van der Waals surface area contributed by atoms with E-state index in [0.717, 1.165) is 6.07 Å². The molecule has 1 fully saturated rings. The van der Waals surface area contributed by atoms with Gasteiger partial charge in [-0.15, -0.1) is 0 Å². The lowest BCUT2D eigenvalue weighted by Crippen LogP contribution is -2.45. The Kier molecular flexibility index (Phi) is 5.14. The van der Waals surface area contributed by atoms with Crippen LogP contribution in [-0.4, -0.2) is 35.1 Å². The Morgan fingerprint density at radius 3 is 2.70 bits per heavy atom. The SMILES string of the molecule is CC(C)(C)OC(=O)N1CCC[C@@H]1C(=O)Nc1ccc(F)cc1Cl. The monoisotopic (exact) mass is 342 g/mol. The van der Waals surface area contributed by atoms with Gasteiger partial charge in [0.25, 0.3) is 0 Å². The second-order valence-electron chi connectivity index (χ2n) is 6.45. The molecule has 1 aromatic carbocycles. The Morgan fingerprint density at radius 2 is 2.09 bits per heavy atom. The van der Waals surface area contributed by atoms with Crippen LogP contribution in [0.15, 0.2) is 18.2 Å². The van der Waals surface area contributed by atoms with Gasteiger partial charge in [-0.3, -0.25) is 9.69 Å². The van der Waals surface area contributed by atoms with Crippen LogP contribution in [0.1, 0.15) is 33.6 Å². The van der Waals surface area contributed by atoms with Crippen LogP contribution < -0.4 is 5.32 Å². The van der Waals surface area contributed by atoms with E-state index in [1.165, 1.54) is 17.0 Å². The topological polar surface area (TPSA) is 58.6 Å². The van der Waals surface area contributed by atoms with Crippen molar-refractivity contribution in [2.75, 3.05) is 11.9 Å². The van der Waals surface area contributed by atoms with Crippen molar-refractivity contribution in [3.8, 4) is 0 Å². The summed E-state index contributed by atoms with van der Waals surface area (Å²) in [5, 5.41) is 2.75. The van der Waals surface area contributed by atoms with Crippen molar-refractivity contribution < 1.29 is 18.7 Å². The average molecular weight is 343 g/mol. The molecule has 1 N–H and O–H groups in total. The Bertz CT molecular complexity index is 616. The predicted octanol–water partition coefficient (Wildman–Crippen LogP) is 3.82. The van der Waals surface area contributed by atoms with E-state index in [1.54, 1.807) is 20.8 Å². The first-order valence-electron chi connectivity index (χ1n) is 7.43. The first-order valence-corrected chi connectivity index (χ1v) is 7.81. The minimum Gasteiger partial charge on any atom is -0.444 e. The minimum atomic E-state index is -0.624. The molecule has 0 spiro atoms. The molecule has 1 aliphatic rings. The summed E-state index contributed by atoms with van der Waals surface area (Å²) in [5.74, 6) is -0.842. The lowest BCUT2D eigenvalue weighted by molar-refractivity contribution is -0.120. The molecule has 1 atom stereocenters. The second-order valence-corrected chi connectivity index (χ2v) is 6.85. The fourth-order valence-corrected chi connectivity index (χ4v) is 2.60. The highest BCUT2D eigenvalue weighted by atomic mass is 35.5. The average Bonchev–Trinajstić information content (AvgIpc) is 2.89. The van der Waals surface area contributed by atoms with Crippen LogP contribution in [0.2, 0.25) is 5.02 Å². The van der Waals surface area contributed by atoms with Gasteiger partial charge in [0.1, 0.15) is 17.5 Å². The maximum Gasteiger partial charge on any atom is 0.410 e. The highest BCUT2D eigenvalue weighted by molar-refractivity contribution is 6.33. The number of carbonyl (C=O) groups excluding carboxylic acids is 2. The van der Waals surface area contributed by atoms with Gasteiger partial charge in [-0.1, -0.05) is 11.6 Å². The zero-order valence-corrected chi connectivity index (χ0v) is 14.1. The van der Waals surface area contributed by atoms with Gasteiger partial charge in [0.05, 0.1) is 10.7 Å². The highest BCUT2D eigenvalue weighted by Crippen LogP contribution is 2.25. The van der Waals surface area contributed by atoms with E-state index in [-0.39, 0.29) is 10.9 Å². The van der Waals surface area contributed by atoms with Crippen LogP contribution in [0, 0.1) is 5.82 Å². The van der Waals surface area contributed by atoms with Crippen LogP contribution in [0.4, 0.5) is 14.9 Å². The molecule has 23 heavy (non-hydrogen) atoms. The van der Waals surface area contributed by atoms with Crippen molar-refractivity contribution >= 4 is 29.3 Å². The van der Waals surface area contributed by atoms with Crippen LogP contribution in [0.25, 0.3) is 0 Å². The summed E-state index contributed by atoms with van der Waals surface area (Å²) in [6.45, 7) is 5.78. The zero-order valence-electron chi connectivity index (χ0n) is 13.4. The lowest BCUT2D eigenvalue weighted by atomic mass is 10.2. The number of carbonyl (C=O) groups is 2. The van der Waals surface area contributed by atoms with Gasteiger partial charge in [0.15, 0.2) is 0 Å². The molecule has 1 aliphatic heterocycles. The summed E-state index contributed by atoms with van der Waals surface area (Å²) in [4.78, 5) is 26.0. The van der Waals surface area contributed by atoms with Crippen LogP contribution in [-0.2, 0) is 9.53 Å². The van der Waals surface area contributed by atoms with Crippen LogP contribution in [0.3, 0.4) is 0 Å². The number of ether oxygens (including phenoxy) is 1. The number of anilines is 1. The molecule has 5 nitrogen and oxygen atoms in total. The molecule has 0 radical (unpaired) electrons. The maximum atomic E-state index is 13.0. The highest BCUT2D eigenvalue weighted by Gasteiger charge is 2.36. The third kappa shape index (κ3) is 4.58. The third-order valence-electron chi connectivity index (χ3n) is 3.37. The number of hydrogen-bond donors (Lipinski definition) is 1. The number of likely N-dealkylation sites (tertiary alicyclic amines) is 1. The summed E-state index contributed by atoms with van der Waals surface area (Å²) in [6, 6.07) is 3.10. The molecule has 2 rings (SSSR count). The van der Waals surface area contributed by atoms with Crippen molar-refractivity contribution in [1.29, 1.82) is 0 Å². The van der Waals surface area contributed by atoms with Crippen LogP contribution >= 0.6 is 11.6 Å². The molecular formula is C16H20ClFN2O3. The quantitative estimate of drug-likeness (QED) is 0.889. The predicted molar refractivity (Wildman–Crippen MR) is 86.0 cm³/mol. The van der Waals surface area contributed by atoms with E-state index in [1.807, 2.05) is 0 Å². The first-order chi connectivity index (χ1) is 10.7. The summed E-state index contributed by atoms with van der Waals surface area (Å²) in [6.07, 6.45) is 0.749. The fourth-order valence-electron chi connectivity index (χ4n) is 2.39. The van der Waals surface area contributed by atoms with Gasteiger partial charge in [0, 0.05) is 6.54 Å². The molecular weight excluding hydrogens is 323 g/mol. The molecule has 2 amide bonds. The maximum absolute atomic E-state index is 13.0. The second kappa shape index (κ2) is 6.74. The number of nitrogens with zero attached hydrogens (tertiary/aromatic N) is 1. The first kappa shape index (κ1) is 17.5. The fraction of sp³-hybridized carbons (Fsp3) is 0.500. The Labute approximate surface area is 139 Å². The Morgan fingerprint density at radius 1 is 1.39 bits per heavy atom. The molecule has 0 aromatic heterocycles. The lowest BCUT2D eigenvalue weighted by Gasteiger charge is -2.28. The van der Waals surface area contributed by atoms with Gasteiger partial charge < -0.3 is 10.1 Å². The number of halogens is 2. The molecule has 1 heterocycles. The van der Waals surface area contributed by atoms with Crippen molar-refractivity contribution in [2.24, 2.45) is 0 Å². The van der Waals surface area contributed by atoms with Crippen molar-refractivity contribution in [3.63, 3.8) is 0 Å². The number of benzene rings is 1. The van der Waals surface area contributed by atoms with Gasteiger partial charge >= 0.3 is 6.09 Å². The minimum absolute atomic E-state index is 0.111. The molecule has 0 saturated carbocycles. The van der Waals surface area contributed by atoms with E-state index in [9.17, 15) is 14.0 Å². The standard InChI is InChI=1S/C16H20ClFN2O3/c1-16(2,3)23-15(22)20-8-4-5-13(20)14(21)19-12-7-6-10(18)9-11(12)17/h6-7,9,13H,4-5,8H2,1-3H3,(H,19,21)/t13-/m1/s1. The summed E-state index contributed by atoms with van der Waals surface area (Å²) < 4.78 is 18.4. The van der Waals surface area contributed by atoms with Crippen LogP contribution in [0.5, 0.6) is 0 Å². The third-order valence-corrected chi connectivity index (χ3v) is 3.69. The van der Waals surface area contributed by atoms with Crippen molar-refractivity contribution in [1.82, 2.24) is 4.90 Å². The van der Waals surface area contributed by atoms with E-state index in [0.29, 0.717) is 25.1 Å². The van der Waals surface area contributed by atoms with Gasteiger partial charge in [-0.05, 0) is 51.8 Å². The number of amides is 2. The molecule has 0 unspecified atom stereocenters. The van der Waals surface area contributed by atoms with Gasteiger partial charge in [0.2, 0.25) is 5.91 Å². The number of hydrogen-bond acceptors (Lipinski definition) is 3. The molecule has 0 bridgehead atoms. The summed E-state index contributed by atoms with van der Waals surface area (Å²) >= 11 is 5.91. The van der Waals surface area contributed by atoms with E-state index >= 15 is 0 Å². The van der Waals surface area contributed by atoms with E-state index in [2.05, 4.69) is 5.32 Å². The molecule has 0 aliphatic carbocycles.